The quantitative estimate of drug-likeness (QED) is 0.688. The van der Waals surface area contributed by atoms with Crippen LogP contribution in [0.2, 0.25) is 0 Å². The number of imidazole rings is 1. The van der Waals surface area contributed by atoms with Gasteiger partial charge in [0.25, 0.3) is 0 Å². The lowest BCUT2D eigenvalue weighted by molar-refractivity contribution is 0.111. The number of carbonyl (C=O) groups is 1. The lowest BCUT2D eigenvalue weighted by Gasteiger charge is -2.09. The van der Waals surface area contributed by atoms with E-state index in [0.717, 1.165) is 5.56 Å². The van der Waals surface area contributed by atoms with E-state index in [1.807, 2.05) is 12.3 Å². The lowest BCUT2D eigenvalue weighted by atomic mass is 10.1. The number of benzene rings is 1. The predicted molar refractivity (Wildman–Crippen MR) is 86.4 cm³/mol. The third-order valence-electron chi connectivity index (χ3n) is 3.52. The van der Waals surface area contributed by atoms with Gasteiger partial charge >= 0.3 is 0 Å². The lowest BCUT2D eigenvalue weighted by Crippen LogP contribution is -2.06. The van der Waals surface area contributed by atoms with Gasteiger partial charge in [-0.05, 0) is 19.1 Å². The fourth-order valence-electron chi connectivity index (χ4n) is 2.37. The molecule has 114 valence electrons. The van der Waals surface area contributed by atoms with E-state index in [-0.39, 0.29) is 10.6 Å². The minimum Gasteiger partial charge on any atom is -0.296 e. The molecule has 0 aliphatic heterocycles. The normalized spacial score (nSPS) is 11.9. The first kappa shape index (κ1) is 14.9. The smallest absolute Gasteiger partial charge is 0.194 e. The van der Waals surface area contributed by atoms with E-state index < -0.39 is 9.84 Å². The summed E-state index contributed by atoms with van der Waals surface area (Å²) in [6.45, 7) is 3.48. The number of thiazole rings is 1. The second-order valence-corrected chi connectivity index (χ2v) is 8.04. The van der Waals surface area contributed by atoms with Crippen LogP contribution in [-0.4, -0.2) is 29.8 Å². The van der Waals surface area contributed by atoms with Crippen LogP contribution in [0.5, 0.6) is 0 Å². The Bertz CT molecular complexity index is 968. The Morgan fingerprint density at radius 2 is 2.14 bits per heavy atom. The molecule has 0 atom stereocenters. The summed E-state index contributed by atoms with van der Waals surface area (Å²) < 4.78 is 26.4. The van der Waals surface area contributed by atoms with Crippen LogP contribution in [0.15, 0.2) is 34.7 Å². The second kappa shape index (κ2) is 5.33. The number of aryl methyl sites for hydroxylation is 1. The molecule has 0 aliphatic rings. The highest BCUT2D eigenvalue weighted by molar-refractivity contribution is 7.91. The van der Waals surface area contributed by atoms with Crippen molar-refractivity contribution in [1.29, 1.82) is 0 Å². The van der Waals surface area contributed by atoms with Crippen molar-refractivity contribution in [3.8, 4) is 11.3 Å². The zero-order valence-corrected chi connectivity index (χ0v) is 13.7. The number of hydrogen-bond donors (Lipinski definition) is 0. The van der Waals surface area contributed by atoms with E-state index in [0.29, 0.717) is 28.2 Å². The first-order chi connectivity index (χ1) is 10.5. The standard InChI is InChI=1S/C15H14N2O3S2/c1-3-22(19,20)13-5-4-10(2)8-11(13)14-12(9-18)17-6-7-21-15(17)16-14/h4-9H,3H2,1-2H3. The second-order valence-electron chi connectivity index (χ2n) is 4.92. The van der Waals surface area contributed by atoms with Crippen molar-refractivity contribution in [2.24, 2.45) is 0 Å². The number of aldehydes is 1. The van der Waals surface area contributed by atoms with Crippen molar-refractivity contribution in [2.75, 3.05) is 5.75 Å². The van der Waals surface area contributed by atoms with Crippen LogP contribution in [-0.2, 0) is 9.84 Å². The first-order valence-electron chi connectivity index (χ1n) is 6.72. The van der Waals surface area contributed by atoms with Gasteiger partial charge in [0.2, 0.25) is 0 Å². The largest absolute Gasteiger partial charge is 0.296 e. The van der Waals surface area contributed by atoms with Gasteiger partial charge in [-0.1, -0.05) is 18.6 Å². The number of rotatable bonds is 4. The number of hydrogen-bond acceptors (Lipinski definition) is 5. The molecular weight excluding hydrogens is 320 g/mol. The van der Waals surface area contributed by atoms with Crippen LogP contribution in [0.4, 0.5) is 0 Å². The van der Waals surface area contributed by atoms with E-state index in [1.165, 1.54) is 11.3 Å². The van der Waals surface area contributed by atoms with Crippen LogP contribution < -0.4 is 0 Å². The highest BCUT2D eigenvalue weighted by Crippen LogP contribution is 2.32. The van der Waals surface area contributed by atoms with Crippen LogP contribution in [0.1, 0.15) is 23.0 Å². The average Bonchev–Trinajstić information content (AvgIpc) is 3.06. The van der Waals surface area contributed by atoms with Crippen molar-refractivity contribution >= 4 is 32.4 Å². The van der Waals surface area contributed by atoms with Gasteiger partial charge in [0.15, 0.2) is 21.1 Å². The Balaban J connectivity index is 2.37. The fourth-order valence-corrected chi connectivity index (χ4v) is 4.17. The van der Waals surface area contributed by atoms with Crippen molar-refractivity contribution < 1.29 is 13.2 Å². The third kappa shape index (κ3) is 2.26. The maximum atomic E-state index is 12.3. The molecule has 2 heterocycles. The molecule has 0 bridgehead atoms. The summed E-state index contributed by atoms with van der Waals surface area (Å²) in [5.41, 5.74) is 2.19. The molecular formula is C15H14N2O3S2. The van der Waals surface area contributed by atoms with Gasteiger partial charge in [0, 0.05) is 17.1 Å². The molecule has 3 rings (SSSR count). The maximum Gasteiger partial charge on any atom is 0.194 e. The molecule has 0 amide bonds. The molecule has 1 aromatic carbocycles. The van der Waals surface area contributed by atoms with E-state index in [4.69, 9.17) is 0 Å². The molecule has 7 heteroatoms. The summed E-state index contributed by atoms with van der Waals surface area (Å²) in [5.74, 6) is 0.00169. The SMILES string of the molecule is CCS(=O)(=O)c1ccc(C)cc1-c1nc2sccn2c1C=O. The van der Waals surface area contributed by atoms with Crippen molar-refractivity contribution in [3.05, 3.63) is 41.0 Å². The van der Waals surface area contributed by atoms with Crippen LogP contribution in [0, 0.1) is 6.92 Å². The Hall–Kier alpha value is -1.99. The van der Waals surface area contributed by atoms with Gasteiger partial charge in [0.05, 0.1) is 10.6 Å². The summed E-state index contributed by atoms with van der Waals surface area (Å²) in [6.07, 6.45) is 2.47. The summed E-state index contributed by atoms with van der Waals surface area (Å²) in [6, 6.07) is 5.11. The summed E-state index contributed by atoms with van der Waals surface area (Å²) >= 11 is 1.40. The number of fused-ring (bicyclic) bond motifs is 1. The van der Waals surface area contributed by atoms with E-state index in [2.05, 4.69) is 4.98 Å². The fraction of sp³-hybridized carbons (Fsp3) is 0.200. The monoisotopic (exact) mass is 334 g/mol. The Morgan fingerprint density at radius 3 is 2.82 bits per heavy atom. The molecule has 0 fully saturated rings. The van der Waals surface area contributed by atoms with Gasteiger partial charge < -0.3 is 0 Å². The number of sulfone groups is 1. The number of nitrogens with zero attached hydrogens (tertiary/aromatic N) is 2. The summed E-state index contributed by atoms with van der Waals surface area (Å²) in [5, 5.41) is 1.83. The Morgan fingerprint density at radius 1 is 1.36 bits per heavy atom. The van der Waals surface area contributed by atoms with Crippen molar-refractivity contribution in [2.45, 2.75) is 18.7 Å². The van der Waals surface area contributed by atoms with Gasteiger partial charge in [-0.15, -0.1) is 11.3 Å². The highest BCUT2D eigenvalue weighted by atomic mass is 32.2. The maximum absolute atomic E-state index is 12.3. The van der Waals surface area contributed by atoms with Gasteiger partial charge in [-0.3, -0.25) is 9.20 Å². The minimum atomic E-state index is -3.40. The van der Waals surface area contributed by atoms with Gasteiger partial charge in [0.1, 0.15) is 11.4 Å². The van der Waals surface area contributed by atoms with E-state index >= 15 is 0 Å². The third-order valence-corrected chi connectivity index (χ3v) is 6.06. The van der Waals surface area contributed by atoms with Crippen molar-refractivity contribution in [3.63, 3.8) is 0 Å². The highest BCUT2D eigenvalue weighted by Gasteiger charge is 2.23. The molecule has 0 saturated heterocycles. The molecule has 0 saturated carbocycles. The van der Waals surface area contributed by atoms with Gasteiger partial charge in [-0.25, -0.2) is 13.4 Å². The molecule has 5 nitrogen and oxygen atoms in total. The Labute approximate surface area is 132 Å². The molecule has 0 spiro atoms. The summed E-state index contributed by atoms with van der Waals surface area (Å²) in [7, 11) is -3.40. The molecule has 3 aromatic rings. The predicted octanol–water partition coefficient (Wildman–Crippen LogP) is 2.98. The number of aromatic nitrogens is 2. The van der Waals surface area contributed by atoms with Crippen LogP contribution in [0.25, 0.3) is 16.2 Å². The van der Waals surface area contributed by atoms with E-state index in [9.17, 15) is 13.2 Å². The first-order valence-corrected chi connectivity index (χ1v) is 9.25. The van der Waals surface area contributed by atoms with E-state index in [1.54, 1.807) is 35.7 Å². The van der Waals surface area contributed by atoms with Crippen LogP contribution >= 0.6 is 11.3 Å². The molecule has 22 heavy (non-hydrogen) atoms. The molecule has 0 radical (unpaired) electrons. The van der Waals surface area contributed by atoms with Gasteiger partial charge in [-0.2, -0.15) is 0 Å². The summed E-state index contributed by atoms with van der Waals surface area (Å²) in [4.78, 5) is 16.8. The number of carbonyl (C=O) groups excluding carboxylic acids is 1. The van der Waals surface area contributed by atoms with Crippen molar-refractivity contribution in [1.82, 2.24) is 9.38 Å². The molecule has 0 unspecified atom stereocenters. The van der Waals surface area contributed by atoms with Crippen LogP contribution in [0.3, 0.4) is 0 Å². The molecule has 0 aliphatic carbocycles. The zero-order valence-electron chi connectivity index (χ0n) is 12.1. The Kier molecular flexibility index (Phi) is 3.62. The average molecular weight is 334 g/mol. The zero-order chi connectivity index (χ0) is 15.9. The topological polar surface area (TPSA) is 68.5 Å². The molecule has 0 N–H and O–H groups in total. The minimum absolute atomic E-state index is 0.00169. The molecule has 2 aromatic heterocycles.